The van der Waals surface area contributed by atoms with E-state index in [4.69, 9.17) is 21.1 Å². The molecule has 9 nitrogen and oxygen atoms in total. The van der Waals surface area contributed by atoms with Gasteiger partial charge < -0.3 is 20.1 Å². The molecule has 33 heavy (non-hydrogen) atoms. The highest BCUT2D eigenvalue weighted by Gasteiger charge is 2.41. The van der Waals surface area contributed by atoms with Gasteiger partial charge >= 0.3 is 0 Å². The fraction of sp³-hybridized carbons (Fsp3) is 0.364. The molecule has 2 N–H and O–H groups in total. The molecule has 1 fully saturated rings. The number of fused-ring (bicyclic) bond motifs is 1. The molecule has 4 rings (SSSR count). The number of carbonyl (C=O) groups excluding carboxylic acids is 2. The summed E-state index contributed by atoms with van der Waals surface area (Å²) in [6.07, 6.45) is 0.203. The first kappa shape index (κ1) is 23.3. The molecule has 2 atom stereocenters. The fourth-order valence-electron chi connectivity index (χ4n) is 4.01. The van der Waals surface area contributed by atoms with Gasteiger partial charge in [0.05, 0.1) is 22.7 Å². The van der Waals surface area contributed by atoms with Gasteiger partial charge in [0.15, 0.2) is 6.10 Å². The number of aryl methyl sites for hydroxylation is 1. The van der Waals surface area contributed by atoms with Crippen LogP contribution in [0.25, 0.3) is 0 Å². The Hall–Kier alpha value is -2.82. The van der Waals surface area contributed by atoms with Crippen LogP contribution in [-0.2, 0) is 19.6 Å². The fourth-order valence-corrected chi connectivity index (χ4v) is 6.14. The second kappa shape index (κ2) is 8.85. The van der Waals surface area contributed by atoms with Crippen molar-refractivity contribution < 1.29 is 27.5 Å². The Balaban J connectivity index is 1.60. The van der Waals surface area contributed by atoms with Crippen LogP contribution in [0.1, 0.15) is 25.3 Å². The van der Waals surface area contributed by atoms with E-state index in [0.29, 0.717) is 40.6 Å². The van der Waals surface area contributed by atoms with E-state index in [0.717, 1.165) is 0 Å². The number of ether oxygens (including phenoxy) is 2. The molecule has 0 saturated carbocycles. The van der Waals surface area contributed by atoms with Crippen molar-refractivity contribution in [3.05, 3.63) is 40.9 Å². The Labute approximate surface area is 197 Å². The van der Waals surface area contributed by atoms with Gasteiger partial charge in [0, 0.05) is 18.3 Å². The van der Waals surface area contributed by atoms with Crippen LogP contribution in [0.5, 0.6) is 11.5 Å². The monoisotopic (exact) mass is 493 g/mol. The van der Waals surface area contributed by atoms with E-state index < -0.39 is 28.1 Å². The number of carbonyl (C=O) groups is 2. The predicted molar refractivity (Wildman–Crippen MR) is 123 cm³/mol. The lowest BCUT2D eigenvalue weighted by molar-refractivity contribution is -0.122. The van der Waals surface area contributed by atoms with Crippen molar-refractivity contribution in [2.75, 3.05) is 24.3 Å². The van der Waals surface area contributed by atoms with E-state index in [9.17, 15) is 18.0 Å². The first-order valence-electron chi connectivity index (χ1n) is 10.4. The number of amides is 2. The molecule has 176 valence electrons. The van der Waals surface area contributed by atoms with E-state index in [1.54, 1.807) is 38.1 Å². The number of methoxy groups -OCH3 is 1. The summed E-state index contributed by atoms with van der Waals surface area (Å²) in [5, 5.41) is 5.79. The van der Waals surface area contributed by atoms with E-state index >= 15 is 0 Å². The first-order chi connectivity index (χ1) is 15.6. The molecule has 0 unspecified atom stereocenters. The maximum absolute atomic E-state index is 13.6. The summed E-state index contributed by atoms with van der Waals surface area (Å²) in [4.78, 5) is 24.9. The van der Waals surface area contributed by atoms with Gasteiger partial charge in [-0.25, -0.2) is 8.42 Å². The Kier molecular flexibility index (Phi) is 6.26. The number of anilines is 2. The third-order valence-electron chi connectivity index (χ3n) is 5.72. The molecular formula is C22H24ClN3O6S. The molecule has 0 spiro atoms. The summed E-state index contributed by atoms with van der Waals surface area (Å²) in [6, 6.07) is 6.91. The number of halogens is 1. The van der Waals surface area contributed by atoms with Gasteiger partial charge in [0.1, 0.15) is 17.5 Å². The molecule has 2 aliphatic rings. The first-order valence-corrected chi connectivity index (χ1v) is 12.2. The lowest BCUT2D eigenvalue weighted by Crippen LogP contribution is -2.43. The summed E-state index contributed by atoms with van der Waals surface area (Å²) in [5.74, 6) is 0.00664. The molecule has 0 bridgehead atoms. The quantitative estimate of drug-likeness (QED) is 0.661. The molecular weight excluding hydrogens is 470 g/mol. The van der Waals surface area contributed by atoms with E-state index in [1.165, 1.54) is 17.5 Å². The average molecular weight is 494 g/mol. The summed E-state index contributed by atoms with van der Waals surface area (Å²) >= 11 is 6.13. The van der Waals surface area contributed by atoms with Crippen LogP contribution in [0.15, 0.2) is 35.2 Å². The highest BCUT2D eigenvalue weighted by atomic mass is 35.5. The molecule has 11 heteroatoms. The van der Waals surface area contributed by atoms with Crippen molar-refractivity contribution in [2.24, 2.45) is 0 Å². The summed E-state index contributed by atoms with van der Waals surface area (Å²) in [7, 11) is -2.52. The number of rotatable bonds is 5. The molecule has 2 aromatic carbocycles. The second-order valence-corrected chi connectivity index (χ2v) is 10.2. The van der Waals surface area contributed by atoms with Crippen LogP contribution in [0.3, 0.4) is 0 Å². The largest absolute Gasteiger partial charge is 0.495 e. The maximum Gasteiger partial charge on any atom is 0.265 e. The van der Waals surface area contributed by atoms with Gasteiger partial charge in [-0.15, -0.1) is 0 Å². The van der Waals surface area contributed by atoms with Crippen molar-refractivity contribution in [3.63, 3.8) is 0 Å². The van der Waals surface area contributed by atoms with Gasteiger partial charge in [-0.1, -0.05) is 11.6 Å². The average Bonchev–Trinajstić information content (AvgIpc) is 3.26. The number of nitrogens with one attached hydrogen (secondary N) is 2. The highest BCUT2D eigenvalue weighted by molar-refractivity contribution is 7.89. The minimum Gasteiger partial charge on any atom is -0.495 e. The molecule has 2 amide bonds. The Morgan fingerprint density at radius 1 is 1.30 bits per heavy atom. The van der Waals surface area contributed by atoms with Gasteiger partial charge in [-0.3, -0.25) is 9.59 Å². The number of hydrogen-bond acceptors (Lipinski definition) is 6. The summed E-state index contributed by atoms with van der Waals surface area (Å²) in [5.41, 5.74) is 1.31. The van der Waals surface area contributed by atoms with Crippen LogP contribution in [-0.4, -0.2) is 50.3 Å². The molecule has 0 aromatic heterocycles. The summed E-state index contributed by atoms with van der Waals surface area (Å²) in [6.45, 7) is 3.44. The van der Waals surface area contributed by atoms with Gasteiger partial charge in [0.25, 0.3) is 5.91 Å². The standard InChI is InChI=1S/C22H24ClN3O6S/c1-12-9-16-19(32-13(2)21(27)25-16)11-20(12)33(29,30)26-8-4-5-17(26)22(28)24-14-6-7-18(31-3)15(23)10-14/h6-7,9-11,13,17H,4-5,8H2,1-3H3,(H,24,28)(H,25,27)/t13-,17-/m0/s1. The zero-order chi connectivity index (χ0) is 23.9. The van der Waals surface area contributed by atoms with Crippen molar-refractivity contribution in [2.45, 2.75) is 43.7 Å². The lowest BCUT2D eigenvalue weighted by Gasteiger charge is -2.27. The second-order valence-electron chi connectivity index (χ2n) is 7.98. The zero-order valence-corrected chi connectivity index (χ0v) is 19.9. The van der Waals surface area contributed by atoms with Crippen LogP contribution in [0.4, 0.5) is 11.4 Å². The third kappa shape index (κ3) is 4.38. The van der Waals surface area contributed by atoms with Crippen LogP contribution in [0.2, 0.25) is 5.02 Å². The third-order valence-corrected chi connectivity index (χ3v) is 8.07. The highest BCUT2D eigenvalue weighted by Crippen LogP contribution is 2.37. The van der Waals surface area contributed by atoms with Gasteiger partial charge in [-0.2, -0.15) is 4.31 Å². The predicted octanol–water partition coefficient (Wildman–Crippen LogP) is 3.17. The van der Waals surface area contributed by atoms with Crippen LogP contribution < -0.4 is 20.1 Å². The minimum atomic E-state index is -4.01. The van der Waals surface area contributed by atoms with Crippen LogP contribution in [0, 0.1) is 6.92 Å². The molecule has 0 radical (unpaired) electrons. The number of nitrogens with zero attached hydrogens (tertiary/aromatic N) is 1. The minimum absolute atomic E-state index is 0.0387. The Morgan fingerprint density at radius 2 is 2.06 bits per heavy atom. The van der Waals surface area contributed by atoms with E-state index in [2.05, 4.69) is 10.6 Å². The summed E-state index contributed by atoms with van der Waals surface area (Å²) < 4.78 is 39.0. The normalized spacial score (nSPS) is 20.5. The number of benzene rings is 2. The number of hydrogen-bond donors (Lipinski definition) is 2. The van der Waals surface area contributed by atoms with Crippen molar-refractivity contribution in [3.8, 4) is 11.5 Å². The molecule has 2 heterocycles. The van der Waals surface area contributed by atoms with Gasteiger partial charge in [-0.05, 0) is 56.5 Å². The molecule has 2 aliphatic heterocycles. The lowest BCUT2D eigenvalue weighted by atomic mass is 10.1. The number of sulfonamides is 1. The van der Waals surface area contributed by atoms with Gasteiger partial charge in [0.2, 0.25) is 15.9 Å². The van der Waals surface area contributed by atoms with Crippen molar-refractivity contribution in [1.82, 2.24) is 4.31 Å². The molecule has 1 saturated heterocycles. The van der Waals surface area contributed by atoms with Crippen molar-refractivity contribution >= 4 is 44.8 Å². The Morgan fingerprint density at radius 3 is 2.76 bits per heavy atom. The maximum atomic E-state index is 13.6. The molecule has 2 aromatic rings. The SMILES string of the molecule is COc1ccc(NC(=O)[C@@H]2CCCN2S(=O)(=O)c2cc3c(cc2C)NC(=O)[C@H](C)O3)cc1Cl. The van der Waals surface area contributed by atoms with Crippen LogP contribution >= 0.6 is 11.6 Å². The zero-order valence-electron chi connectivity index (χ0n) is 18.3. The van der Waals surface area contributed by atoms with E-state index in [1.807, 2.05) is 0 Å². The topological polar surface area (TPSA) is 114 Å². The van der Waals surface area contributed by atoms with Crippen molar-refractivity contribution in [1.29, 1.82) is 0 Å². The Bertz CT molecular complexity index is 1230. The van der Waals surface area contributed by atoms with E-state index in [-0.39, 0.29) is 23.1 Å². The smallest absolute Gasteiger partial charge is 0.265 e. The molecule has 0 aliphatic carbocycles.